The minimum absolute atomic E-state index is 0.164. The number of benzene rings is 2. The van der Waals surface area contributed by atoms with Crippen molar-refractivity contribution < 1.29 is 0 Å². The van der Waals surface area contributed by atoms with Gasteiger partial charge in [-0.05, 0) is 55.2 Å². The van der Waals surface area contributed by atoms with E-state index in [9.17, 15) is 0 Å². The van der Waals surface area contributed by atoms with E-state index in [1.165, 1.54) is 31.2 Å². The largest absolute Gasteiger partial charge is 0.390 e. The van der Waals surface area contributed by atoms with Crippen molar-refractivity contribution in [1.29, 1.82) is 0 Å². The summed E-state index contributed by atoms with van der Waals surface area (Å²) in [6.07, 6.45) is 6.36. The summed E-state index contributed by atoms with van der Waals surface area (Å²) in [6, 6.07) is 17.1. The first kappa shape index (κ1) is 23.4. The van der Waals surface area contributed by atoms with Crippen LogP contribution in [0.4, 0.5) is 0 Å². The van der Waals surface area contributed by atoms with Crippen LogP contribution in [0.1, 0.15) is 61.8 Å². The number of hydrogen-bond acceptors (Lipinski definition) is 2. The van der Waals surface area contributed by atoms with Crippen LogP contribution in [-0.2, 0) is 6.42 Å². The van der Waals surface area contributed by atoms with Crippen LogP contribution in [-0.4, -0.2) is 25.0 Å². The summed E-state index contributed by atoms with van der Waals surface area (Å²) < 4.78 is 0. The number of nitrogens with zero attached hydrogens (tertiary/aromatic N) is 1. The van der Waals surface area contributed by atoms with Crippen LogP contribution >= 0.6 is 0 Å². The Morgan fingerprint density at radius 1 is 0.933 bits per heavy atom. The lowest BCUT2D eigenvalue weighted by Gasteiger charge is -2.30. The Labute approximate surface area is 183 Å². The number of rotatable bonds is 10. The molecule has 0 aromatic heterocycles. The molecule has 1 N–H and O–H groups in total. The Morgan fingerprint density at radius 2 is 1.50 bits per heavy atom. The van der Waals surface area contributed by atoms with E-state index in [0.717, 1.165) is 34.5 Å². The fourth-order valence-electron chi connectivity index (χ4n) is 3.28. The Hall–Kier alpha value is -2.92. The van der Waals surface area contributed by atoms with E-state index in [4.69, 9.17) is 0 Å². The molecule has 2 aromatic carbocycles. The van der Waals surface area contributed by atoms with Crippen molar-refractivity contribution in [3.05, 3.63) is 89.6 Å². The van der Waals surface area contributed by atoms with Crippen molar-refractivity contribution in [2.75, 3.05) is 14.1 Å². The van der Waals surface area contributed by atoms with Crippen LogP contribution in [0.2, 0.25) is 0 Å². The summed E-state index contributed by atoms with van der Waals surface area (Å²) in [5.74, 6) is 6.54. The lowest BCUT2D eigenvalue weighted by Crippen LogP contribution is -2.33. The Morgan fingerprint density at radius 3 is 2.03 bits per heavy atom. The molecule has 2 heteroatoms. The van der Waals surface area contributed by atoms with Gasteiger partial charge in [-0.15, -0.1) is 0 Å². The van der Waals surface area contributed by atoms with Gasteiger partial charge < -0.3 is 10.2 Å². The van der Waals surface area contributed by atoms with Gasteiger partial charge in [-0.2, -0.15) is 0 Å². The van der Waals surface area contributed by atoms with Crippen molar-refractivity contribution >= 4 is 5.70 Å². The minimum atomic E-state index is 0.164. The average Bonchev–Trinajstić information content (AvgIpc) is 2.79. The number of aryl methyl sites for hydroxylation is 1. The lowest BCUT2D eigenvalue weighted by atomic mass is 10.0. The van der Waals surface area contributed by atoms with E-state index in [-0.39, 0.29) is 6.04 Å². The standard InChI is InChI=1S/C28H36N2/c1-7-8-9-10-11-25-12-14-26(15-13-25)16-17-27-18-20-28(21-19-27)24(4)30(6)23(3)22(2)29-5/h12-15,18-21,23,29H,2,4,7-11H2,1,3,5-6H3. The highest BCUT2D eigenvalue weighted by Crippen LogP contribution is 2.20. The van der Waals surface area contributed by atoms with Crippen LogP contribution in [0, 0.1) is 11.8 Å². The minimum Gasteiger partial charge on any atom is -0.390 e. The molecule has 0 aliphatic heterocycles. The summed E-state index contributed by atoms with van der Waals surface area (Å²) in [4.78, 5) is 2.13. The van der Waals surface area contributed by atoms with Gasteiger partial charge in [-0.25, -0.2) is 0 Å². The van der Waals surface area contributed by atoms with Crippen LogP contribution in [0.25, 0.3) is 5.70 Å². The Bertz CT molecular complexity index is 879. The molecule has 1 atom stereocenters. The van der Waals surface area contributed by atoms with E-state index in [0.29, 0.717) is 0 Å². The van der Waals surface area contributed by atoms with Gasteiger partial charge in [0.2, 0.25) is 0 Å². The number of likely N-dealkylation sites (N-methyl/N-ethyl adjacent to an activating group) is 2. The van der Waals surface area contributed by atoms with Gasteiger partial charge in [0, 0.05) is 36.6 Å². The zero-order valence-electron chi connectivity index (χ0n) is 19.1. The molecule has 158 valence electrons. The molecule has 1 unspecified atom stereocenters. The molecule has 0 amide bonds. The third kappa shape index (κ3) is 6.85. The van der Waals surface area contributed by atoms with Gasteiger partial charge >= 0.3 is 0 Å². The normalized spacial score (nSPS) is 11.2. The molecule has 2 rings (SSSR count). The first-order chi connectivity index (χ1) is 14.5. The molecule has 2 nitrogen and oxygen atoms in total. The van der Waals surface area contributed by atoms with Crippen molar-refractivity contribution in [3.63, 3.8) is 0 Å². The molecule has 0 heterocycles. The van der Waals surface area contributed by atoms with Gasteiger partial charge in [-0.1, -0.05) is 75.5 Å². The quantitative estimate of drug-likeness (QED) is 0.375. The molecule has 0 aliphatic carbocycles. The molecule has 0 fully saturated rings. The second kappa shape index (κ2) is 11.9. The zero-order chi connectivity index (χ0) is 21.9. The molecular weight excluding hydrogens is 364 g/mol. The second-order valence-electron chi connectivity index (χ2n) is 7.84. The van der Waals surface area contributed by atoms with Crippen molar-refractivity contribution in [3.8, 4) is 11.8 Å². The van der Waals surface area contributed by atoms with Crippen molar-refractivity contribution in [2.45, 2.75) is 52.0 Å². The second-order valence-corrected chi connectivity index (χ2v) is 7.84. The summed E-state index contributed by atoms with van der Waals surface area (Å²) >= 11 is 0. The van der Waals surface area contributed by atoms with Gasteiger partial charge in [0.1, 0.15) is 0 Å². The topological polar surface area (TPSA) is 15.3 Å². The molecular formula is C28H36N2. The smallest absolute Gasteiger partial charge is 0.0650 e. The monoisotopic (exact) mass is 400 g/mol. The first-order valence-electron chi connectivity index (χ1n) is 11.0. The summed E-state index contributed by atoms with van der Waals surface area (Å²) in [5, 5.41) is 3.12. The molecule has 0 saturated heterocycles. The SMILES string of the molecule is C=C(NC)C(C)N(C)C(=C)c1ccc(C#Cc2ccc(CCCCCC)cc2)cc1. The van der Waals surface area contributed by atoms with Crippen molar-refractivity contribution in [2.24, 2.45) is 0 Å². The predicted octanol–water partition coefficient (Wildman–Crippen LogP) is 6.23. The molecule has 30 heavy (non-hydrogen) atoms. The van der Waals surface area contributed by atoms with Gasteiger partial charge in [0.05, 0.1) is 6.04 Å². The highest BCUT2D eigenvalue weighted by Gasteiger charge is 2.14. The summed E-state index contributed by atoms with van der Waals surface area (Å²) in [7, 11) is 3.93. The first-order valence-corrected chi connectivity index (χ1v) is 11.0. The van der Waals surface area contributed by atoms with E-state index < -0.39 is 0 Å². The van der Waals surface area contributed by atoms with E-state index >= 15 is 0 Å². The maximum atomic E-state index is 4.25. The average molecular weight is 401 g/mol. The number of nitrogens with one attached hydrogen (secondary N) is 1. The van der Waals surface area contributed by atoms with E-state index in [1.807, 2.05) is 14.1 Å². The molecule has 2 aromatic rings. The van der Waals surface area contributed by atoms with Crippen LogP contribution in [0.15, 0.2) is 67.4 Å². The third-order valence-corrected chi connectivity index (χ3v) is 5.67. The lowest BCUT2D eigenvalue weighted by molar-refractivity contribution is 0.403. The maximum absolute atomic E-state index is 4.25. The predicted molar refractivity (Wildman–Crippen MR) is 131 cm³/mol. The van der Waals surface area contributed by atoms with E-state index in [1.54, 1.807) is 0 Å². The maximum Gasteiger partial charge on any atom is 0.0650 e. The van der Waals surface area contributed by atoms with Crippen LogP contribution < -0.4 is 5.32 Å². The Kier molecular flexibility index (Phi) is 9.29. The molecule has 0 radical (unpaired) electrons. The van der Waals surface area contributed by atoms with Gasteiger partial charge in [-0.3, -0.25) is 0 Å². The molecule has 0 bridgehead atoms. The highest BCUT2D eigenvalue weighted by atomic mass is 15.2. The highest BCUT2D eigenvalue weighted by molar-refractivity contribution is 5.63. The van der Waals surface area contributed by atoms with Crippen LogP contribution in [0.5, 0.6) is 0 Å². The van der Waals surface area contributed by atoms with Crippen molar-refractivity contribution in [1.82, 2.24) is 10.2 Å². The third-order valence-electron chi connectivity index (χ3n) is 5.67. The summed E-state index contributed by atoms with van der Waals surface area (Å²) in [5.41, 5.74) is 6.48. The zero-order valence-corrected chi connectivity index (χ0v) is 19.1. The van der Waals surface area contributed by atoms with E-state index in [2.05, 4.69) is 97.6 Å². The molecule has 0 saturated carbocycles. The van der Waals surface area contributed by atoms with Gasteiger partial charge in [0.25, 0.3) is 0 Å². The number of unbranched alkanes of at least 4 members (excludes halogenated alkanes) is 3. The molecule has 0 aliphatic rings. The van der Waals surface area contributed by atoms with Crippen LogP contribution in [0.3, 0.4) is 0 Å². The number of hydrogen-bond donors (Lipinski definition) is 1. The fourth-order valence-corrected chi connectivity index (χ4v) is 3.28. The van der Waals surface area contributed by atoms with Gasteiger partial charge in [0.15, 0.2) is 0 Å². The fraction of sp³-hybridized carbons (Fsp3) is 0.357. The molecule has 0 spiro atoms. The Balaban J connectivity index is 1.97. The summed E-state index contributed by atoms with van der Waals surface area (Å²) in [6.45, 7) is 12.7.